The van der Waals surface area contributed by atoms with Gasteiger partial charge < -0.3 is 10.1 Å². The lowest BCUT2D eigenvalue weighted by atomic mass is 9.99. The predicted molar refractivity (Wildman–Crippen MR) is 155 cm³/mol. The van der Waals surface area contributed by atoms with Crippen LogP contribution in [0.2, 0.25) is 0 Å². The minimum Gasteiger partial charge on any atom is -0.497 e. The van der Waals surface area contributed by atoms with Crippen molar-refractivity contribution >= 4 is 40.2 Å². The molecule has 3 amide bonds. The van der Waals surface area contributed by atoms with Gasteiger partial charge in [0.25, 0.3) is 0 Å². The van der Waals surface area contributed by atoms with E-state index in [0.29, 0.717) is 17.1 Å². The monoisotopic (exact) mass is 558 g/mol. The lowest BCUT2D eigenvalue weighted by Gasteiger charge is -2.22. The number of hydrogen-bond donors (Lipinski definition) is 1. The molecule has 4 aromatic rings. The van der Waals surface area contributed by atoms with Crippen LogP contribution in [0.15, 0.2) is 72.0 Å². The Balaban J connectivity index is 1.34. The Morgan fingerprint density at radius 3 is 2.60 bits per heavy atom. The van der Waals surface area contributed by atoms with Crippen LogP contribution in [0.25, 0.3) is 17.1 Å². The van der Waals surface area contributed by atoms with Gasteiger partial charge in [-0.3, -0.25) is 9.69 Å². The molecule has 1 saturated heterocycles. The highest BCUT2D eigenvalue weighted by atomic mass is 32.2. The number of amidine groups is 1. The van der Waals surface area contributed by atoms with E-state index in [2.05, 4.69) is 20.4 Å². The van der Waals surface area contributed by atoms with E-state index < -0.39 is 11.8 Å². The van der Waals surface area contributed by atoms with Gasteiger partial charge in [-0.2, -0.15) is 4.99 Å². The van der Waals surface area contributed by atoms with Gasteiger partial charge in [0.1, 0.15) is 17.9 Å². The molecule has 0 saturated carbocycles. The van der Waals surface area contributed by atoms with Crippen LogP contribution in [0.3, 0.4) is 0 Å². The van der Waals surface area contributed by atoms with E-state index in [9.17, 15) is 9.59 Å². The molecule has 0 bridgehead atoms. The van der Waals surface area contributed by atoms with E-state index in [4.69, 9.17) is 4.74 Å². The molecule has 1 fully saturated rings. The van der Waals surface area contributed by atoms with Gasteiger partial charge in [-0.05, 0) is 72.5 Å². The average molecular weight is 559 g/mol. The van der Waals surface area contributed by atoms with Crippen molar-refractivity contribution in [3.05, 3.63) is 83.9 Å². The number of anilines is 2. The molecule has 0 aliphatic carbocycles. The molecule has 1 aromatic heterocycles. The maximum atomic E-state index is 15.0. The van der Waals surface area contributed by atoms with E-state index in [1.807, 2.05) is 51.1 Å². The summed E-state index contributed by atoms with van der Waals surface area (Å²) in [5.41, 5.74) is 3.82. The van der Waals surface area contributed by atoms with Crippen molar-refractivity contribution < 1.29 is 18.7 Å². The first kappa shape index (κ1) is 27.1. The molecule has 5 rings (SSSR count). The SMILES string of the molecule is COc1ccc(-n2cnc(-c3ccc(NC(=O)N=C4SCC(=O)N4c4cc(C)ccc4C(C)C)c(F)c3)n2)cc1. The molecule has 1 aliphatic heterocycles. The smallest absolute Gasteiger partial charge is 0.347 e. The van der Waals surface area contributed by atoms with Crippen LogP contribution in [0, 0.1) is 12.7 Å². The van der Waals surface area contributed by atoms with E-state index in [0.717, 1.165) is 22.6 Å². The number of rotatable bonds is 6. The van der Waals surface area contributed by atoms with Crippen LogP contribution in [-0.4, -0.2) is 44.7 Å². The van der Waals surface area contributed by atoms with Gasteiger partial charge in [0, 0.05) is 5.56 Å². The number of benzene rings is 3. The van der Waals surface area contributed by atoms with Crippen LogP contribution in [0.4, 0.5) is 20.6 Å². The molecule has 0 unspecified atom stereocenters. The fourth-order valence-corrected chi connectivity index (χ4v) is 5.12. The summed E-state index contributed by atoms with van der Waals surface area (Å²) in [6.45, 7) is 6.02. The number of aromatic nitrogens is 3. The van der Waals surface area contributed by atoms with Crippen LogP contribution in [-0.2, 0) is 4.79 Å². The number of urea groups is 1. The summed E-state index contributed by atoms with van der Waals surface area (Å²) in [4.78, 5) is 35.4. The van der Waals surface area contributed by atoms with Crippen molar-refractivity contribution in [2.45, 2.75) is 26.7 Å². The number of aryl methyl sites for hydroxylation is 1. The zero-order valence-electron chi connectivity index (χ0n) is 22.4. The van der Waals surface area contributed by atoms with E-state index in [1.165, 1.54) is 35.1 Å². The van der Waals surface area contributed by atoms with Gasteiger partial charge in [0.05, 0.1) is 29.9 Å². The summed E-state index contributed by atoms with van der Waals surface area (Å²) in [6.07, 6.45) is 1.53. The quantitative estimate of drug-likeness (QED) is 0.303. The molecule has 11 heteroatoms. The molecule has 1 aliphatic rings. The van der Waals surface area contributed by atoms with Crippen LogP contribution in [0.1, 0.15) is 30.9 Å². The Bertz CT molecular complexity index is 1620. The van der Waals surface area contributed by atoms with Gasteiger partial charge in [0.2, 0.25) is 5.91 Å². The second-order valence-electron chi connectivity index (χ2n) is 9.46. The van der Waals surface area contributed by atoms with Crippen molar-refractivity contribution in [2.75, 3.05) is 23.1 Å². The third-order valence-corrected chi connectivity index (χ3v) is 7.23. The van der Waals surface area contributed by atoms with Crippen molar-refractivity contribution in [1.82, 2.24) is 14.8 Å². The van der Waals surface area contributed by atoms with Gasteiger partial charge >= 0.3 is 6.03 Å². The van der Waals surface area contributed by atoms with E-state index >= 15 is 4.39 Å². The van der Waals surface area contributed by atoms with Gasteiger partial charge in [-0.1, -0.05) is 37.7 Å². The van der Waals surface area contributed by atoms with Gasteiger partial charge in [-0.15, -0.1) is 5.10 Å². The van der Waals surface area contributed by atoms with Crippen molar-refractivity contribution in [3.8, 4) is 22.8 Å². The van der Waals surface area contributed by atoms with Crippen LogP contribution in [0.5, 0.6) is 5.75 Å². The highest BCUT2D eigenvalue weighted by molar-refractivity contribution is 8.15. The van der Waals surface area contributed by atoms with E-state index in [-0.39, 0.29) is 28.4 Å². The second kappa shape index (κ2) is 11.3. The van der Waals surface area contributed by atoms with Crippen LogP contribution >= 0.6 is 11.8 Å². The third-order valence-electron chi connectivity index (χ3n) is 6.31. The number of nitrogens with zero attached hydrogens (tertiary/aromatic N) is 5. The minimum atomic E-state index is -0.783. The lowest BCUT2D eigenvalue weighted by Crippen LogP contribution is -2.31. The number of methoxy groups -OCH3 is 1. The highest BCUT2D eigenvalue weighted by Gasteiger charge is 2.32. The summed E-state index contributed by atoms with van der Waals surface area (Å²) in [6, 6.07) is 16.7. The molecule has 0 radical (unpaired) electrons. The number of aliphatic imine (C=N–C) groups is 1. The Hall–Kier alpha value is -4.51. The van der Waals surface area contributed by atoms with Crippen molar-refractivity contribution in [1.29, 1.82) is 0 Å². The summed E-state index contributed by atoms with van der Waals surface area (Å²) in [5.74, 6) is 0.532. The molecule has 1 N–H and O–H groups in total. The van der Waals surface area contributed by atoms with Crippen molar-refractivity contribution in [2.24, 2.45) is 4.99 Å². The number of hydrogen-bond acceptors (Lipinski definition) is 6. The molecule has 9 nitrogen and oxygen atoms in total. The minimum absolute atomic E-state index is 0.0491. The fraction of sp³-hybridized carbons (Fsp3) is 0.207. The highest BCUT2D eigenvalue weighted by Crippen LogP contribution is 2.34. The summed E-state index contributed by atoms with van der Waals surface area (Å²) >= 11 is 1.17. The zero-order chi connectivity index (χ0) is 28.4. The number of carbonyl (C=O) groups excluding carboxylic acids is 2. The predicted octanol–water partition coefficient (Wildman–Crippen LogP) is 6.18. The number of ether oxygens (including phenoxy) is 1. The molecule has 0 spiro atoms. The normalized spacial score (nSPS) is 14.3. The van der Waals surface area contributed by atoms with Gasteiger partial charge in [0.15, 0.2) is 11.0 Å². The number of nitrogens with one attached hydrogen (secondary N) is 1. The Labute approximate surface area is 235 Å². The van der Waals surface area contributed by atoms with Crippen LogP contribution < -0.4 is 15.0 Å². The topological polar surface area (TPSA) is 102 Å². The Morgan fingerprint density at radius 1 is 1.12 bits per heavy atom. The fourth-order valence-electron chi connectivity index (χ4n) is 4.26. The first-order valence-electron chi connectivity index (χ1n) is 12.6. The molecular formula is C29H27FN6O3S. The lowest BCUT2D eigenvalue weighted by molar-refractivity contribution is -0.115. The number of thioether (sulfide) groups is 1. The maximum absolute atomic E-state index is 15.0. The summed E-state index contributed by atoms with van der Waals surface area (Å²) in [7, 11) is 1.59. The number of carbonyl (C=O) groups is 2. The third kappa shape index (κ3) is 5.59. The maximum Gasteiger partial charge on any atom is 0.347 e. The zero-order valence-corrected chi connectivity index (χ0v) is 23.2. The number of halogens is 1. The number of amides is 3. The molecule has 40 heavy (non-hydrogen) atoms. The first-order chi connectivity index (χ1) is 19.2. The summed E-state index contributed by atoms with van der Waals surface area (Å²) < 4.78 is 21.7. The molecule has 0 atom stereocenters. The first-order valence-corrected chi connectivity index (χ1v) is 13.5. The molecule has 204 valence electrons. The Kier molecular flexibility index (Phi) is 7.65. The largest absolute Gasteiger partial charge is 0.497 e. The average Bonchev–Trinajstić information content (AvgIpc) is 3.57. The Morgan fingerprint density at radius 2 is 1.90 bits per heavy atom. The summed E-state index contributed by atoms with van der Waals surface area (Å²) in [5, 5.41) is 7.16. The van der Waals surface area contributed by atoms with Crippen molar-refractivity contribution in [3.63, 3.8) is 0 Å². The molecule has 2 heterocycles. The second-order valence-corrected chi connectivity index (χ2v) is 10.4. The van der Waals surface area contributed by atoms with E-state index in [1.54, 1.807) is 30.0 Å². The van der Waals surface area contributed by atoms with Gasteiger partial charge in [-0.25, -0.2) is 18.9 Å². The molecular weight excluding hydrogens is 531 g/mol. The molecule has 3 aromatic carbocycles. The standard InChI is InChI=1S/C29H27FN6O3S/c1-17(2)22-11-5-18(3)13-25(22)36-26(37)15-40-29(36)33-28(38)32-24-12-6-19(14-23(24)30)27-31-16-35(34-27)20-7-9-21(39-4)10-8-20/h5-14,16-17H,15H2,1-4H3,(H,32,38).